The lowest BCUT2D eigenvalue weighted by atomic mass is 9.43. The Hall–Kier alpha value is -2.88. The number of carbonyl (C=O) groups excluding carboxylic acids is 2. The summed E-state index contributed by atoms with van der Waals surface area (Å²) in [6.07, 6.45) is 7.31. The van der Waals surface area contributed by atoms with E-state index in [1.165, 1.54) is 0 Å². The summed E-state index contributed by atoms with van der Waals surface area (Å²) in [7, 11) is 0. The number of allylic oxidation sites excluding steroid dienone is 4. The number of hydrazone groups is 1. The van der Waals surface area contributed by atoms with Crippen LogP contribution in [-0.2, 0) is 9.53 Å². The van der Waals surface area contributed by atoms with Crippen LogP contribution >= 0.6 is 0 Å². The number of ether oxygens (including phenoxy) is 1. The lowest BCUT2D eigenvalue weighted by molar-refractivity contribution is -0.309. The zero-order valence-corrected chi connectivity index (χ0v) is 25.5. The molecule has 4 fully saturated rings. The molecule has 0 aromatic heterocycles. The molecule has 4 N–H and O–H groups in total. The number of rotatable bonds is 8. The molecule has 1 unspecified atom stereocenters. The van der Waals surface area contributed by atoms with Gasteiger partial charge in [0.25, 0.3) is 5.91 Å². The van der Waals surface area contributed by atoms with Gasteiger partial charge in [0.2, 0.25) is 0 Å². The number of nitrogens with zero attached hydrogens (tertiary/aromatic N) is 1. The lowest BCUT2D eigenvalue weighted by Crippen LogP contribution is -2.76. The quantitative estimate of drug-likeness (QED) is 0.328. The number of halogens is 1. The van der Waals surface area contributed by atoms with Gasteiger partial charge in [-0.15, -0.1) is 0 Å². The van der Waals surface area contributed by atoms with E-state index in [0.29, 0.717) is 49.6 Å². The summed E-state index contributed by atoms with van der Waals surface area (Å²) in [4.78, 5) is 25.4. The third-order valence-electron chi connectivity index (χ3n) is 11.8. The summed E-state index contributed by atoms with van der Waals surface area (Å²) >= 11 is 0. The van der Waals surface area contributed by atoms with E-state index < -0.39 is 40.7 Å². The van der Waals surface area contributed by atoms with Gasteiger partial charge in [-0.25, -0.2) is 4.39 Å². The number of nitrogens with one attached hydrogen (secondary N) is 2. The number of fused-ring (bicyclic) bond motifs is 4. The number of carbonyl (C=O) groups is 2. The zero-order valence-electron chi connectivity index (χ0n) is 25.5. The summed E-state index contributed by atoms with van der Waals surface area (Å²) in [5.41, 5.74) is 1.22. The Balaban J connectivity index is 1.19. The van der Waals surface area contributed by atoms with Crippen LogP contribution in [0.25, 0.3) is 0 Å². The number of ketones is 1. The van der Waals surface area contributed by atoms with Gasteiger partial charge in [-0.05, 0) is 86.8 Å². The number of amides is 1. The van der Waals surface area contributed by atoms with Gasteiger partial charge in [-0.2, -0.15) is 5.10 Å². The van der Waals surface area contributed by atoms with Crippen LogP contribution in [0.4, 0.5) is 10.1 Å². The SMILES string of the molecule is CCC(C)CNC(=O)c1ccc(N/N=C2\C=C[C@@]3(C)C(=C2)CC[C@H]2[C@@H]4C[C@@H](C)[C@@]5(C(=O)CO)OC[C@]45C[C@H](O)[C@@]23F)cc1. The van der Waals surface area contributed by atoms with Gasteiger partial charge in [-0.1, -0.05) is 38.8 Å². The molecule has 9 heteroatoms. The first kappa shape index (κ1) is 30.2. The van der Waals surface area contributed by atoms with Crippen LogP contribution in [0.5, 0.6) is 0 Å². The maximum Gasteiger partial charge on any atom is 0.251 e. The van der Waals surface area contributed by atoms with Gasteiger partial charge in [0.1, 0.15) is 12.2 Å². The van der Waals surface area contributed by atoms with E-state index in [2.05, 4.69) is 29.7 Å². The average Bonchev–Trinajstić information content (AvgIpc) is 3.16. The highest BCUT2D eigenvalue weighted by Gasteiger charge is 2.81. The predicted octanol–water partition coefficient (Wildman–Crippen LogP) is 4.59. The van der Waals surface area contributed by atoms with Crippen LogP contribution < -0.4 is 10.7 Å². The lowest BCUT2D eigenvalue weighted by Gasteiger charge is -2.67. The van der Waals surface area contributed by atoms with Crippen molar-refractivity contribution in [3.8, 4) is 0 Å². The molecular weight excluding hydrogens is 549 g/mol. The maximum atomic E-state index is 17.6. The van der Waals surface area contributed by atoms with E-state index in [1.54, 1.807) is 30.3 Å². The monoisotopic (exact) mass is 593 g/mol. The van der Waals surface area contributed by atoms with Gasteiger partial charge >= 0.3 is 0 Å². The topological polar surface area (TPSA) is 120 Å². The summed E-state index contributed by atoms with van der Waals surface area (Å²) in [6, 6.07) is 7.12. The number of benzene rings is 1. The Labute approximate surface area is 252 Å². The van der Waals surface area contributed by atoms with E-state index in [-0.39, 0.29) is 29.9 Å². The molecule has 8 nitrogen and oxygen atoms in total. The minimum atomic E-state index is -1.90. The van der Waals surface area contributed by atoms with Crippen LogP contribution in [-0.4, -0.2) is 64.7 Å². The second-order valence-electron chi connectivity index (χ2n) is 13.8. The van der Waals surface area contributed by atoms with Crippen molar-refractivity contribution in [3.63, 3.8) is 0 Å². The van der Waals surface area contributed by atoms with Gasteiger partial charge < -0.3 is 20.3 Å². The fourth-order valence-corrected chi connectivity index (χ4v) is 9.20. The molecular formula is C34H44FN3O5. The van der Waals surface area contributed by atoms with Crippen molar-refractivity contribution >= 4 is 23.1 Å². The number of aliphatic hydroxyl groups is 2. The highest BCUT2D eigenvalue weighted by Crippen LogP contribution is 2.74. The molecule has 1 aliphatic heterocycles. The number of Topliss-reactive ketones (excluding diaryl/α,β-unsaturated/α-hetero) is 1. The van der Waals surface area contributed by atoms with E-state index in [4.69, 9.17) is 4.74 Å². The molecule has 1 amide bonds. The van der Waals surface area contributed by atoms with E-state index in [0.717, 1.165) is 17.7 Å². The smallest absolute Gasteiger partial charge is 0.251 e. The molecule has 0 radical (unpaired) electrons. The summed E-state index contributed by atoms with van der Waals surface area (Å²) in [5, 5.41) is 28.9. The number of aliphatic hydroxyl groups excluding tert-OH is 2. The van der Waals surface area contributed by atoms with Crippen LogP contribution in [0.1, 0.15) is 70.2 Å². The van der Waals surface area contributed by atoms with Crippen LogP contribution in [0.2, 0.25) is 0 Å². The van der Waals surface area contributed by atoms with Gasteiger partial charge in [0, 0.05) is 28.9 Å². The second kappa shape index (κ2) is 10.6. The molecule has 4 aliphatic carbocycles. The summed E-state index contributed by atoms with van der Waals surface area (Å²) < 4.78 is 23.6. The molecule has 232 valence electrons. The largest absolute Gasteiger partial charge is 0.390 e. The number of hydrogen-bond donors (Lipinski definition) is 4. The highest BCUT2D eigenvalue weighted by atomic mass is 19.1. The van der Waals surface area contributed by atoms with E-state index >= 15 is 4.39 Å². The number of anilines is 1. The van der Waals surface area contributed by atoms with Crippen LogP contribution in [0.15, 0.2) is 53.2 Å². The Morgan fingerprint density at radius 2 is 1.98 bits per heavy atom. The third-order valence-corrected chi connectivity index (χ3v) is 11.8. The molecule has 1 aromatic rings. The molecule has 1 heterocycles. The average molecular weight is 594 g/mol. The van der Waals surface area contributed by atoms with Crippen molar-refractivity contribution in [1.82, 2.24) is 5.32 Å². The van der Waals surface area contributed by atoms with Crippen molar-refractivity contribution in [3.05, 3.63) is 53.6 Å². The standard InChI is InChI=1S/C34H44FN3O5/c1-5-20(2)17-36-30(42)22-6-9-24(10-7-22)37-38-25-12-13-31(4)23(15-25)8-11-26-27-14-21(3)34(29(41)18-39)32(27,19-43-34)16-28(40)33(26,31)35/h6-7,9-10,12-13,15,20-21,26-28,37,39-40H,5,8,11,14,16-19H2,1-4H3,(H,36,42)/b38-25+/t20?,21-,26+,27+,28+,31+,32-,33+,34+/m1/s1. The fourth-order valence-electron chi connectivity index (χ4n) is 9.20. The normalized spacial score (nSPS) is 40.7. The molecule has 1 spiro atoms. The van der Waals surface area contributed by atoms with Crippen molar-refractivity contribution in [2.75, 3.05) is 25.2 Å². The third kappa shape index (κ3) is 4.14. The van der Waals surface area contributed by atoms with Gasteiger partial charge in [0.05, 0.1) is 24.1 Å². The minimum absolute atomic E-state index is 0.105. The molecule has 9 atom stereocenters. The first-order chi connectivity index (χ1) is 20.5. The van der Waals surface area contributed by atoms with Crippen molar-refractivity contribution in [2.45, 2.75) is 77.2 Å². The first-order valence-electron chi connectivity index (χ1n) is 15.7. The summed E-state index contributed by atoms with van der Waals surface area (Å²) in [5.74, 6) is -0.715. The fraction of sp³-hybridized carbons (Fsp3) is 0.618. The minimum Gasteiger partial charge on any atom is -0.390 e. The van der Waals surface area contributed by atoms with Crippen molar-refractivity contribution < 1.29 is 28.9 Å². The Morgan fingerprint density at radius 1 is 1.23 bits per heavy atom. The Kier molecular flexibility index (Phi) is 7.46. The van der Waals surface area contributed by atoms with Gasteiger partial charge in [0.15, 0.2) is 11.5 Å². The van der Waals surface area contributed by atoms with E-state index in [9.17, 15) is 19.8 Å². The molecule has 6 rings (SSSR count). The van der Waals surface area contributed by atoms with Gasteiger partial charge in [-0.3, -0.25) is 15.0 Å². The number of alkyl halides is 1. The molecule has 5 aliphatic rings. The molecule has 1 aromatic carbocycles. The van der Waals surface area contributed by atoms with Crippen LogP contribution in [0.3, 0.4) is 0 Å². The second-order valence-corrected chi connectivity index (χ2v) is 13.8. The van der Waals surface area contributed by atoms with Crippen molar-refractivity contribution in [1.29, 1.82) is 0 Å². The molecule has 43 heavy (non-hydrogen) atoms. The van der Waals surface area contributed by atoms with Crippen LogP contribution in [0, 0.1) is 34.5 Å². The van der Waals surface area contributed by atoms with Crippen molar-refractivity contribution in [2.24, 2.45) is 39.6 Å². The zero-order chi connectivity index (χ0) is 30.8. The molecule has 1 saturated heterocycles. The Bertz CT molecular complexity index is 1390. The number of hydrogen-bond acceptors (Lipinski definition) is 7. The maximum absolute atomic E-state index is 17.6. The highest BCUT2D eigenvalue weighted by molar-refractivity contribution is 6.06. The summed E-state index contributed by atoms with van der Waals surface area (Å²) in [6.45, 7) is 8.38. The first-order valence-corrected chi connectivity index (χ1v) is 15.7. The van der Waals surface area contributed by atoms with E-state index in [1.807, 2.05) is 26.0 Å². The molecule has 0 bridgehead atoms. The Morgan fingerprint density at radius 3 is 2.63 bits per heavy atom. The predicted molar refractivity (Wildman–Crippen MR) is 162 cm³/mol. The molecule has 3 saturated carbocycles.